The van der Waals surface area contributed by atoms with Crippen molar-refractivity contribution in [1.29, 1.82) is 0 Å². The highest BCUT2D eigenvalue weighted by Gasteiger charge is 2.36. The molecule has 1 heterocycles. The number of aromatic nitrogens is 2. The van der Waals surface area contributed by atoms with E-state index in [0.717, 1.165) is 6.92 Å². The van der Waals surface area contributed by atoms with Crippen molar-refractivity contribution in [3.8, 4) is 11.3 Å². The van der Waals surface area contributed by atoms with Crippen molar-refractivity contribution in [2.45, 2.75) is 39.5 Å². The van der Waals surface area contributed by atoms with Crippen LogP contribution in [0.5, 0.6) is 0 Å². The van der Waals surface area contributed by atoms with Gasteiger partial charge in [-0.15, -0.1) is 0 Å². The lowest BCUT2D eigenvalue weighted by Gasteiger charge is -2.19. The van der Waals surface area contributed by atoms with Crippen molar-refractivity contribution < 1.29 is 22.7 Å². The Kier molecular flexibility index (Phi) is 6.64. The number of rotatable bonds is 6. The van der Waals surface area contributed by atoms with Crippen LogP contribution in [0.1, 0.15) is 31.3 Å². The third-order valence-corrected chi connectivity index (χ3v) is 4.43. The number of esters is 1. The van der Waals surface area contributed by atoms with Crippen molar-refractivity contribution in [2.24, 2.45) is 0 Å². The average molecular weight is 424 g/mol. The molecular formula is C17H18Cl2F3N3O2. The summed E-state index contributed by atoms with van der Waals surface area (Å²) in [5.41, 5.74) is 0.997. The zero-order chi connectivity index (χ0) is 20.4. The number of aryl methyl sites for hydroxylation is 1. The predicted octanol–water partition coefficient (Wildman–Crippen LogP) is 5.42. The molecule has 0 unspecified atom stereocenters. The normalized spacial score (nSPS) is 12.7. The maximum Gasteiger partial charge on any atom is 0.408 e. The second-order valence-corrected chi connectivity index (χ2v) is 6.43. The number of ether oxygens (including phenoxy) is 1. The van der Waals surface area contributed by atoms with Gasteiger partial charge in [0.1, 0.15) is 11.1 Å². The van der Waals surface area contributed by atoms with Gasteiger partial charge in [0.25, 0.3) is 0 Å². The Morgan fingerprint density at radius 3 is 2.52 bits per heavy atom. The molecule has 2 rings (SSSR count). The largest absolute Gasteiger partial charge is 0.461 e. The molecular weight excluding hydrogens is 406 g/mol. The lowest BCUT2D eigenvalue weighted by molar-refractivity contribution is -0.138. The summed E-state index contributed by atoms with van der Waals surface area (Å²) in [6, 6.07) is 2.61. The highest BCUT2D eigenvalue weighted by atomic mass is 35.5. The molecule has 0 aliphatic heterocycles. The van der Waals surface area contributed by atoms with Crippen LogP contribution in [0.15, 0.2) is 18.2 Å². The molecule has 1 atom stereocenters. The number of halogens is 5. The molecule has 2 aromatic rings. The van der Waals surface area contributed by atoms with E-state index in [1.807, 2.05) is 0 Å². The SMILES string of the molecule is CCOC(=O)c1nn(CC)c(-c2ccc(N[C@H](C)C(F)(F)F)cc2Cl)c1Cl. The minimum Gasteiger partial charge on any atom is -0.461 e. The Labute approximate surface area is 164 Å². The molecule has 27 heavy (non-hydrogen) atoms. The molecule has 148 valence electrons. The van der Waals surface area contributed by atoms with Crippen molar-refractivity contribution in [3.63, 3.8) is 0 Å². The Morgan fingerprint density at radius 1 is 1.33 bits per heavy atom. The molecule has 0 spiro atoms. The number of nitrogens with one attached hydrogen (secondary N) is 1. The molecule has 0 amide bonds. The van der Waals surface area contributed by atoms with Gasteiger partial charge in [0.2, 0.25) is 0 Å². The van der Waals surface area contributed by atoms with Gasteiger partial charge in [-0.2, -0.15) is 18.3 Å². The molecule has 0 aliphatic carbocycles. The van der Waals surface area contributed by atoms with Gasteiger partial charge in [0, 0.05) is 17.8 Å². The summed E-state index contributed by atoms with van der Waals surface area (Å²) in [4.78, 5) is 12.0. The molecule has 5 nitrogen and oxygen atoms in total. The smallest absolute Gasteiger partial charge is 0.408 e. The van der Waals surface area contributed by atoms with Gasteiger partial charge in [-0.1, -0.05) is 23.2 Å². The second-order valence-electron chi connectivity index (χ2n) is 5.65. The quantitative estimate of drug-likeness (QED) is 0.630. The summed E-state index contributed by atoms with van der Waals surface area (Å²) in [5, 5.41) is 6.74. The molecule has 10 heteroatoms. The van der Waals surface area contributed by atoms with Gasteiger partial charge < -0.3 is 10.1 Å². The summed E-state index contributed by atoms with van der Waals surface area (Å²) >= 11 is 12.6. The molecule has 1 aromatic heterocycles. The minimum atomic E-state index is -4.39. The van der Waals surface area contributed by atoms with Crippen molar-refractivity contribution in [1.82, 2.24) is 9.78 Å². The first-order valence-corrected chi connectivity index (χ1v) is 8.92. The van der Waals surface area contributed by atoms with E-state index in [-0.39, 0.29) is 28.0 Å². The number of anilines is 1. The summed E-state index contributed by atoms with van der Waals surface area (Å²) in [6.45, 7) is 5.04. The Hall–Kier alpha value is -1.93. The van der Waals surface area contributed by atoms with Gasteiger partial charge >= 0.3 is 12.1 Å². The third-order valence-electron chi connectivity index (χ3n) is 3.76. The predicted molar refractivity (Wildman–Crippen MR) is 98.5 cm³/mol. The highest BCUT2D eigenvalue weighted by Crippen LogP contribution is 2.37. The Bertz CT molecular complexity index is 838. The number of benzene rings is 1. The summed E-state index contributed by atoms with van der Waals surface area (Å²) in [6.07, 6.45) is -4.39. The monoisotopic (exact) mass is 423 g/mol. The number of hydrogen-bond acceptors (Lipinski definition) is 4. The first-order chi connectivity index (χ1) is 12.6. The zero-order valence-corrected chi connectivity index (χ0v) is 16.3. The van der Waals surface area contributed by atoms with E-state index in [9.17, 15) is 18.0 Å². The maximum absolute atomic E-state index is 12.7. The molecule has 0 fully saturated rings. The van der Waals surface area contributed by atoms with Gasteiger partial charge in [-0.25, -0.2) is 4.79 Å². The topological polar surface area (TPSA) is 56.1 Å². The van der Waals surface area contributed by atoms with Crippen LogP contribution in [0.2, 0.25) is 10.0 Å². The number of nitrogens with zero attached hydrogens (tertiary/aromatic N) is 2. The van der Waals surface area contributed by atoms with E-state index in [4.69, 9.17) is 27.9 Å². The molecule has 0 aliphatic rings. The fraction of sp³-hybridized carbons (Fsp3) is 0.412. The van der Waals surface area contributed by atoms with E-state index >= 15 is 0 Å². The van der Waals surface area contributed by atoms with Gasteiger partial charge in [0.05, 0.1) is 17.3 Å². The van der Waals surface area contributed by atoms with Crippen molar-refractivity contribution >= 4 is 34.9 Å². The summed E-state index contributed by atoms with van der Waals surface area (Å²) in [7, 11) is 0. The fourth-order valence-electron chi connectivity index (χ4n) is 2.38. The highest BCUT2D eigenvalue weighted by molar-refractivity contribution is 6.38. The van der Waals surface area contributed by atoms with Gasteiger partial charge in [-0.05, 0) is 39.0 Å². The van der Waals surface area contributed by atoms with E-state index in [1.165, 1.54) is 22.9 Å². The molecule has 1 N–H and O–H groups in total. The van der Waals surface area contributed by atoms with Crippen LogP contribution < -0.4 is 5.32 Å². The van der Waals surface area contributed by atoms with Crippen LogP contribution >= 0.6 is 23.2 Å². The van der Waals surface area contributed by atoms with Gasteiger partial charge in [-0.3, -0.25) is 4.68 Å². The van der Waals surface area contributed by atoms with Crippen LogP contribution in [0.25, 0.3) is 11.3 Å². The average Bonchev–Trinajstić information content (AvgIpc) is 2.91. The van der Waals surface area contributed by atoms with E-state index in [2.05, 4.69) is 10.4 Å². The van der Waals surface area contributed by atoms with Crippen LogP contribution in [0.3, 0.4) is 0 Å². The van der Waals surface area contributed by atoms with Crippen molar-refractivity contribution in [2.75, 3.05) is 11.9 Å². The lowest BCUT2D eigenvalue weighted by atomic mass is 10.1. The fourth-order valence-corrected chi connectivity index (χ4v) is 2.97. The summed E-state index contributed by atoms with van der Waals surface area (Å²) in [5.74, 6) is -0.663. The molecule has 1 aromatic carbocycles. The van der Waals surface area contributed by atoms with E-state index in [0.29, 0.717) is 17.8 Å². The second kappa shape index (κ2) is 8.39. The zero-order valence-electron chi connectivity index (χ0n) is 14.8. The van der Waals surface area contributed by atoms with E-state index < -0.39 is 18.2 Å². The molecule has 0 saturated carbocycles. The first-order valence-electron chi connectivity index (χ1n) is 8.16. The number of carbonyl (C=O) groups is 1. The van der Waals surface area contributed by atoms with Crippen LogP contribution in [-0.2, 0) is 11.3 Å². The number of hydrogen-bond donors (Lipinski definition) is 1. The maximum atomic E-state index is 12.7. The minimum absolute atomic E-state index is 0.0423. The molecule has 0 saturated heterocycles. The summed E-state index contributed by atoms with van der Waals surface area (Å²) < 4.78 is 44.5. The lowest BCUT2D eigenvalue weighted by Crippen LogP contribution is -2.33. The standard InChI is InChI=1S/C17H18Cl2F3N3O2/c1-4-25-15(13(19)14(24-25)16(26)27-5-2)11-7-6-10(8-12(11)18)23-9(3)17(20,21)22/h6-9,23H,4-5H2,1-3H3/t9-/m1/s1. The van der Waals surface area contributed by atoms with Crippen LogP contribution in [0.4, 0.5) is 18.9 Å². The Balaban J connectivity index is 2.43. The van der Waals surface area contributed by atoms with Crippen LogP contribution in [0, 0.1) is 0 Å². The number of carbonyl (C=O) groups excluding carboxylic acids is 1. The Morgan fingerprint density at radius 2 is 2.00 bits per heavy atom. The van der Waals surface area contributed by atoms with E-state index in [1.54, 1.807) is 13.8 Å². The first kappa shape index (κ1) is 21.4. The molecule has 0 bridgehead atoms. The third kappa shape index (κ3) is 4.68. The van der Waals surface area contributed by atoms with Crippen LogP contribution in [-0.4, -0.2) is 34.6 Å². The number of alkyl halides is 3. The van der Waals surface area contributed by atoms with Gasteiger partial charge in [0.15, 0.2) is 5.69 Å². The van der Waals surface area contributed by atoms with Crippen molar-refractivity contribution in [3.05, 3.63) is 33.9 Å². The molecule has 0 radical (unpaired) electrons.